The normalized spacial score (nSPS) is 19.9. The van der Waals surface area contributed by atoms with Gasteiger partial charge in [0, 0.05) is 6.42 Å². The highest BCUT2D eigenvalue weighted by Gasteiger charge is 2.34. The van der Waals surface area contributed by atoms with Crippen LogP contribution in [0.3, 0.4) is 0 Å². The molecule has 0 spiro atoms. The molecule has 4 heteroatoms. The molecule has 4 nitrogen and oxygen atoms in total. The third-order valence-corrected chi connectivity index (χ3v) is 6.74. The number of Topliss-reactive ketones (excluding diaryl/α,β-unsaturated/α-hetero) is 1. The number of rotatable bonds is 5. The predicted octanol–water partition coefficient (Wildman–Crippen LogP) is 5.17. The highest BCUT2D eigenvalue weighted by atomic mass is 16.3. The fourth-order valence-electron chi connectivity index (χ4n) is 4.68. The Morgan fingerprint density at radius 1 is 1.27 bits per heavy atom. The van der Waals surface area contributed by atoms with Gasteiger partial charge in [-0.2, -0.15) is 0 Å². The van der Waals surface area contributed by atoms with Crippen LogP contribution >= 0.6 is 0 Å². The van der Waals surface area contributed by atoms with Crippen LogP contribution in [0.25, 0.3) is 5.57 Å². The van der Waals surface area contributed by atoms with E-state index in [0.29, 0.717) is 16.9 Å². The number of carbonyl (C=O) groups excluding carboxylic acids is 1. The summed E-state index contributed by atoms with van der Waals surface area (Å²) in [5, 5.41) is 11.1. The van der Waals surface area contributed by atoms with Crippen molar-refractivity contribution in [3.05, 3.63) is 58.7 Å². The summed E-state index contributed by atoms with van der Waals surface area (Å²) in [6.07, 6.45) is 16.3. The number of hydrogen-bond donors (Lipinski definition) is 2. The number of allylic oxidation sites excluding steroid dienone is 2. The second kappa shape index (κ2) is 7.89. The van der Waals surface area contributed by atoms with Crippen molar-refractivity contribution in [3.63, 3.8) is 0 Å². The van der Waals surface area contributed by atoms with Crippen LogP contribution in [0.5, 0.6) is 0 Å². The molecule has 0 atom stereocenters. The number of ketones is 1. The van der Waals surface area contributed by atoms with Crippen LogP contribution in [0.1, 0.15) is 91.8 Å². The molecule has 1 heterocycles. The van der Waals surface area contributed by atoms with Gasteiger partial charge in [0.25, 0.3) is 0 Å². The van der Waals surface area contributed by atoms with Crippen LogP contribution in [0, 0.1) is 17.8 Å². The van der Waals surface area contributed by atoms with Crippen molar-refractivity contribution in [2.24, 2.45) is 5.41 Å². The minimum absolute atomic E-state index is 0.0817. The number of nitrogens with one attached hydrogen (secondary N) is 1. The number of hydrogen-bond acceptors (Lipinski definition) is 3. The Bertz CT molecular complexity index is 1030. The van der Waals surface area contributed by atoms with E-state index in [2.05, 4.69) is 41.9 Å². The fraction of sp³-hybridized carbons (Fsp3) is 0.462. The number of carbonyl (C=O) groups is 1. The van der Waals surface area contributed by atoms with E-state index in [-0.39, 0.29) is 12.2 Å². The molecule has 2 N–H and O–H groups in total. The maximum absolute atomic E-state index is 12.9. The molecule has 2 aliphatic carbocycles. The Kier molecular flexibility index (Phi) is 5.42. The smallest absolute Gasteiger partial charge is 0.202 e. The van der Waals surface area contributed by atoms with Crippen molar-refractivity contribution in [3.8, 4) is 12.3 Å². The molecular formula is C26H30N2O2. The molecule has 30 heavy (non-hydrogen) atoms. The molecule has 0 amide bonds. The van der Waals surface area contributed by atoms with Crippen molar-refractivity contribution < 1.29 is 9.90 Å². The Morgan fingerprint density at radius 2 is 2.03 bits per heavy atom. The van der Waals surface area contributed by atoms with Crippen molar-refractivity contribution in [1.82, 2.24) is 9.97 Å². The number of terminal acetylenes is 1. The van der Waals surface area contributed by atoms with E-state index in [1.807, 2.05) is 12.1 Å². The summed E-state index contributed by atoms with van der Waals surface area (Å²) in [5.74, 6) is 2.69. The van der Waals surface area contributed by atoms with E-state index < -0.39 is 5.60 Å². The first kappa shape index (κ1) is 20.6. The zero-order valence-corrected chi connectivity index (χ0v) is 17.9. The maximum Gasteiger partial charge on any atom is 0.202 e. The first-order chi connectivity index (χ1) is 14.3. The van der Waals surface area contributed by atoms with Crippen LogP contribution in [-0.2, 0) is 12.0 Å². The molecular weight excluding hydrogens is 372 g/mol. The van der Waals surface area contributed by atoms with E-state index in [4.69, 9.17) is 6.42 Å². The second-order valence-electron chi connectivity index (χ2n) is 9.60. The zero-order chi connectivity index (χ0) is 21.4. The lowest BCUT2D eigenvalue weighted by molar-refractivity contribution is 0.0444. The molecule has 4 rings (SSSR count). The third-order valence-electron chi connectivity index (χ3n) is 6.74. The highest BCUT2D eigenvalue weighted by molar-refractivity contribution is 5.95. The minimum Gasteiger partial charge on any atom is -0.385 e. The molecule has 0 unspecified atom stereocenters. The van der Waals surface area contributed by atoms with Gasteiger partial charge in [0.2, 0.25) is 5.78 Å². The molecule has 0 aliphatic heterocycles. The van der Waals surface area contributed by atoms with Crippen LogP contribution in [0.15, 0.2) is 30.5 Å². The predicted molar refractivity (Wildman–Crippen MR) is 119 cm³/mol. The van der Waals surface area contributed by atoms with Gasteiger partial charge in [-0.05, 0) is 65.8 Å². The average molecular weight is 403 g/mol. The Labute approximate surface area is 178 Å². The molecule has 1 fully saturated rings. The van der Waals surface area contributed by atoms with Crippen LogP contribution in [0.2, 0.25) is 0 Å². The summed E-state index contributed by atoms with van der Waals surface area (Å²) in [6, 6.07) is 6.15. The molecule has 0 radical (unpaired) electrons. The molecule has 1 saturated carbocycles. The van der Waals surface area contributed by atoms with Gasteiger partial charge in [-0.1, -0.05) is 50.8 Å². The Morgan fingerprint density at radius 3 is 2.67 bits per heavy atom. The Balaban J connectivity index is 1.69. The molecule has 0 saturated heterocycles. The largest absolute Gasteiger partial charge is 0.385 e. The lowest BCUT2D eigenvalue weighted by Crippen LogP contribution is -2.22. The third kappa shape index (κ3) is 4.13. The summed E-state index contributed by atoms with van der Waals surface area (Å²) < 4.78 is 0. The van der Waals surface area contributed by atoms with Crippen LogP contribution < -0.4 is 0 Å². The molecule has 156 valence electrons. The Hall–Kier alpha value is -2.64. The van der Waals surface area contributed by atoms with Gasteiger partial charge in [-0.25, -0.2) is 4.98 Å². The van der Waals surface area contributed by atoms with Gasteiger partial charge >= 0.3 is 0 Å². The number of aromatic nitrogens is 2. The lowest BCUT2D eigenvalue weighted by atomic mass is 9.75. The molecule has 1 aromatic heterocycles. The molecule has 2 aromatic rings. The average Bonchev–Trinajstić information content (AvgIpc) is 3.38. The molecule has 1 aromatic carbocycles. The van der Waals surface area contributed by atoms with Gasteiger partial charge < -0.3 is 10.1 Å². The zero-order valence-electron chi connectivity index (χ0n) is 17.9. The molecule has 2 aliphatic rings. The monoisotopic (exact) mass is 402 g/mol. The maximum atomic E-state index is 12.9. The number of imidazole rings is 1. The van der Waals surface area contributed by atoms with Crippen molar-refractivity contribution in [2.45, 2.75) is 70.8 Å². The van der Waals surface area contributed by atoms with E-state index in [9.17, 15) is 9.90 Å². The standard InChI is InChI=1S/C26H30N2O2/c1-4-21-17-27-24(28-21)23(29)15-19-7-8-20(26(30)11-5-6-12-26)16-22(19)18-9-13-25(2,3)14-10-18/h1,7-9,16-17,30H,5-6,10-15H2,2-3H3,(H,27,28). The fourth-order valence-corrected chi connectivity index (χ4v) is 4.68. The quantitative estimate of drug-likeness (QED) is 0.535. The van der Waals surface area contributed by atoms with Gasteiger partial charge in [0.05, 0.1) is 11.8 Å². The van der Waals surface area contributed by atoms with E-state index in [0.717, 1.165) is 61.6 Å². The van der Waals surface area contributed by atoms with Crippen molar-refractivity contribution in [2.75, 3.05) is 0 Å². The molecule has 0 bridgehead atoms. The second-order valence-corrected chi connectivity index (χ2v) is 9.60. The summed E-state index contributed by atoms with van der Waals surface area (Å²) in [6.45, 7) is 4.59. The van der Waals surface area contributed by atoms with Gasteiger partial charge in [-0.15, -0.1) is 6.42 Å². The van der Waals surface area contributed by atoms with E-state index in [1.165, 1.54) is 11.8 Å². The number of nitrogens with zero attached hydrogens (tertiary/aromatic N) is 1. The lowest BCUT2D eigenvalue weighted by Gasteiger charge is -2.30. The topological polar surface area (TPSA) is 66.0 Å². The number of aliphatic hydroxyl groups is 1. The van der Waals surface area contributed by atoms with Gasteiger partial charge in [0.1, 0.15) is 5.69 Å². The number of benzene rings is 1. The highest BCUT2D eigenvalue weighted by Crippen LogP contribution is 2.42. The van der Waals surface area contributed by atoms with E-state index >= 15 is 0 Å². The van der Waals surface area contributed by atoms with Gasteiger partial charge in [0.15, 0.2) is 5.82 Å². The van der Waals surface area contributed by atoms with E-state index in [1.54, 1.807) is 0 Å². The first-order valence-corrected chi connectivity index (χ1v) is 10.9. The summed E-state index contributed by atoms with van der Waals surface area (Å²) in [5.41, 5.74) is 4.41. The summed E-state index contributed by atoms with van der Waals surface area (Å²) in [7, 11) is 0. The first-order valence-electron chi connectivity index (χ1n) is 10.9. The van der Waals surface area contributed by atoms with Crippen LogP contribution in [-0.4, -0.2) is 20.9 Å². The summed E-state index contributed by atoms with van der Waals surface area (Å²) in [4.78, 5) is 19.9. The van der Waals surface area contributed by atoms with Crippen molar-refractivity contribution >= 4 is 11.4 Å². The summed E-state index contributed by atoms with van der Waals surface area (Å²) >= 11 is 0. The number of aromatic amines is 1. The SMILES string of the molecule is C#Cc1cnc(C(=O)Cc2ccc(C3(O)CCCC3)cc2C2=CCC(C)(C)CC2)[nH]1. The number of H-pyrrole nitrogens is 1. The van der Waals surface area contributed by atoms with Crippen molar-refractivity contribution in [1.29, 1.82) is 0 Å². The minimum atomic E-state index is -0.742. The van der Waals surface area contributed by atoms with Gasteiger partial charge in [-0.3, -0.25) is 4.79 Å². The van der Waals surface area contributed by atoms with Crippen LogP contribution in [0.4, 0.5) is 0 Å².